The van der Waals surface area contributed by atoms with Gasteiger partial charge in [0.2, 0.25) is 5.91 Å². The Kier molecular flexibility index (Phi) is 5.10. The molecular weight excluding hydrogens is 242 g/mol. The van der Waals surface area contributed by atoms with Crippen molar-refractivity contribution in [2.24, 2.45) is 5.92 Å². The zero-order chi connectivity index (χ0) is 14.6. The Hall–Kier alpha value is -1.84. The molecule has 1 unspecified atom stereocenters. The smallest absolute Gasteiger partial charge is 0.336 e. The topological polar surface area (TPSA) is 66.4 Å². The molecule has 1 aromatic rings. The van der Waals surface area contributed by atoms with Gasteiger partial charge in [0, 0.05) is 12.1 Å². The normalized spacial score (nSPS) is 12.0. The van der Waals surface area contributed by atoms with Gasteiger partial charge in [-0.1, -0.05) is 20.3 Å². The molecule has 0 aliphatic rings. The lowest BCUT2D eigenvalue weighted by Crippen LogP contribution is -2.15. The summed E-state index contributed by atoms with van der Waals surface area (Å²) in [5.41, 5.74) is 2.37. The number of aryl methyl sites for hydroxylation is 1. The van der Waals surface area contributed by atoms with Crippen LogP contribution in [0.2, 0.25) is 0 Å². The van der Waals surface area contributed by atoms with E-state index in [0.717, 1.165) is 17.5 Å². The Morgan fingerprint density at radius 3 is 2.47 bits per heavy atom. The number of nitrogens with one attached hydrogen (secondary N) is 1. The molecule has 104 valence electrons. The number of aromatic carboxylic acids is 1. The first-order valence-corrected chi connectivity index (χ1v) is 6.49. The number of amides is 1. The van der Waals surface area contributed by atoms with Gasteiger partial charge in [-0.05, 0) is 43.0 Å². The second-order valence-corrected chi connectivity index (χ2v) is 5.04. The molecule has 0 spiro atoms. The van der Waals surface area contributed by atoms with Crippen LogP contribution in [0.3, 0.4) is 0 Å². The minimum atomic E-state index is -0.973. The molecule has 0 saturated carbocycles. The summed E-state index contributed by atoms with van der Waals surface area (Å²) in [7, 11) is 0. The zero-order valence-electron chi connectivity index (χ0n) is 11.9. The third kappa shape index (κ3) is 4.09. The second kappa shape index (κ2) is 6.36. The maximum atomic E-state index is 11.8. The highest BCUT2D eigenvalue weighted by Gasteiger charge is 2.13. The fourth-order valence-electron chi connectivity index (χ4n) is 1.83. The second-order valence-electron chi connectivity index (χ2n) is 5.04. The third-order valence-electron chi connectivity index (χ3n) is 3.41. The van der Waals surface area contributed by atoms with E-state index in [0.29, 0.717) is 18.0 Å². The first-order chi connectivity index (χ1) is 8.85. The van der Waals surface area contributed by atoms with Crippen LogP contribution in [-0.4, -0.2) is 17.0 Å². The van der Waals surface area contributed by atoms with E-state index in [-0.39, 0.29) is 11.5 Å². The SMILES string of the molecule is CCC(C)CC(=O)Nc1cc(C)c(C)c(C(=O)O)c1. The van der Waals surface area contributed by atoms with Crippen molar-refractivity contribution >= 4 is 17.6 Å². The molecule has 0 aliphatic carbocycles. The van der Waals surface area contributed by atoms with Gasteiger partial charge in [0.1, 0.15) is 0 Å². The fraction of sp³-hybridized carbons (Fsp3) is 0.467. The molecular formula is C15H21NO3. The summed E-state index contributed by atoms with van der Waals surface area (Å²) in [6.45, 7) is 7.66. The van der Waals surface area contributed by atoms with Gasteiger partial charge in [-0.25, -0.2) is 4.79 Å². The van der Waals surface area contributed by atoms with Gasteiger partial charge in [0.05, 0.1) is 5.56 Å². The van der Waals surface area contributed by atoms with Crippen LogP contribution in [-0.2, 0) is 4.79 Å². The van der Waals surface area contributed by atoms with Gasteiger partial charge in [-0.15, -0.1) is 0 Å². The van der Waals surface area contributed by atoms with E-state index in [1.54, 1.807) is 13.0 Å². The number of rotatable bonds is 5. The van der Waals surface area contributed by atoms with Crippen LogP contribution in [0.25, 0.3) is 0 Å². The molecule has 2 N–H and O–H groups in total. The van der Waals surface area contributed by atoms with Crippen LogP contribution >= 0.6 is 0 Å². The average Bonchev–Trinajstić information content (AvgIpc) is 2.32. The lowest BCUT2D eigenvalue weighted by Gasteiger charge is -2.12. The molecule has 1 atom stereocenters. The van der Waals surface area contributed by atoms with E-state index in [4.69, 9.17) is 5.11 Å². The van der Waals surface area contributed by atoms with Gasteiger partial charge in [0.15, 0.2) is 0 Å². The molecule has 4 nitrogen and oxygen atoms in total. The lowest BCUT2D eigenvalue weighted by atomic mass is 10.0. The van der Waals surface area contributed by atoms with Crippen LogP contribution in [0.15, 0.2) is 12.1 Å². The Balaban J connectivity index is 2.91. The van der Waals surface area contributed by atoms with E-state index in [2.05, 4.69) is 5.32 Å². The number of carbonyl (C=O) groups excluding carboxylic acids is 1. The molecule has 0 saturated heterocycles. The van der Waals surface area contributed by atoms with Gasteiger partial charge < -0.3 is 10.4 Å². The fourth-order valence-corrected chi connectivity index (χ4v) is 1.83. The Labute approximate surface area is 113 Å². The van der Waals surface area contributed by atoms with Crippen LogP contribution in [0, 0.1) is 19.8 Å². The van der Waals surface area contributed by atoms with Crippen molar-refractivity contribution in [2.45, 2.75) is 40.5 Å². The van der Waals surface area contributed by atoms with Crippen molar-refractivity contribution in [3.63, 3.8) is 0 Å². The van der Waals surface area contributed by atoms with Gasteiger partial charge in [0.25, 0.3) is 0 Å². The number of carboxylic acid groups (broad SMARTS) is 1. The maximum absolute atomic E-state index is 11.8. The summed E-state index contributed by atoms with van der Waals surface area (Å²) in [5, 5.41) is 11.9. The summed E-state index contributed by atoms with van der Waals surface area (Å²) >= 11 is 0. The molecule has 0 bridgehead atoms. The van der Waals surface area contributed by atoms with Crippen molar-refractivity contribution in [3.8, 4) is 0 Å². The van der Waals surface area contributed by atoms with Gasteiger partial charge >= 0.3 is 5.97 Å². The highest BCUT2D eigenvalue weighted by molar-refractivity contribution is 5.95. The Morgan fingerprint density at radius 2 is 1.95 bits per heavy atom. The maximum Gasteiger partial charge on any atom is 0.336 e. The van der Waals surface area contributed by atoms with Crippen molar-refractivity contribution in [1.82, 2.24) is 0 Å². The first kappa shape index (κ1) is 15.2. The highest BCUT2D eigenvalue weighted by Crippen LogP contribution is 2.20. The first-order valence-electron chi connectivity index (χ1n) is 6.49. The highest BCUT2D eigenvalue weighted by atomic mass is 16.4. The minimum Gasteiger partial charge on any atom is -0.478 e. The summed E-state index contributed by atoms with van der Waals surface area (Å²) in [6.07, 6.45) is 1.40. The number of carboxylic acids is 1. The largest absolute Gasteiger partial charge is 0.478 e. The monoisotopic (exact) mass is 263 g/mol. The van der Waals surface area contributed by atoms with Crippen LogP contribution < -0.4 is 5.32 Å². The van der Waals surface area contributed by atoms with Crippen LogP contribution in [0.5, 0.6) is 0 Å². The molecule has 19 heavy (non-hydrogen) atoms. The van der Waals surface area contributed by atoms with E-state index in [1.807, 2.05) is 20.8 Å². The van der Waals surface area contributed by atoms with Gasteiger partial charge in [-0.3, -0.25) is 4.79 Å². The summed E-state index contributed by atoms with van der Waals surface area (Å²) in [4.78, 5) is 22.9. The number of hydrogen-bond acceptors (Lipinski definition) is 2. The molecule has 0 fully saturated rings. The Bertz CT molecular complexity index is 494. The van der Waals surface area contributed by atoms with Crippen molar-refractivity contribution in [3.05, 3.63) is 28.8 Å². The minimum absolute atomic E-state index is 0.0751. The molecule has 0 heterocycles. The molecule has 0 aliphatic heterocycles. The van der Waals surface area contributed by atoms with Crippen LogP contribution in [0.4, 0.5) is 5.69 Å². The van der Waals surface area contributed by atoms with Crippen molar-refractivity contribution in [2.75, 3.05) is 5.32 Å². The molecule has 4 heteroatoms. The summed E-state index contributed by atoms with van der Waals surface area (Å²) < 4.78 is 0. The van der Waals surface area contributed by atoms with E-state index in [9.17, 15) is 9.59 Å². The number of carbonyl (C=O) groups is 2. The molecule has 0 radical (unpaired) electrons. The standard InChI is InChI=1S/C15H21NO3/c1-5-9(2)6-14(17)16-12-7-10(3)11(4)13(8-12)15(18)19/h7-9H,5-6H2,1-4H3,(H,16,17)(H,18,19). The van der Waals surface area contributed by atoms with E-state index in [1.165, 1.54) is 6.07 Å². The molecule has 0 aromatic heterocycles. The van der Waals surface area contributed by atoms with Gasteiger partial charge in [-0.2, -0.15) is 0 Å². The Morgan fingerprint density at radius 1 is 1.32 bits per heavy atom. The van der Waals surface area contributed by atoms with Crippen molar-refractivity contribution in [1.29, 1.82) is 0 Å². The third-order valence-corrected chi connectivity index (χ3v) is 3.41. The summed E-state index contributed by atoms with van der Waals surface area (Å²) in [6, 6.07) is 3.31. The van der Waals surface area contributed by atoms with Crippen molar-refractivity contribution < 1.29 is 14.7 Å². The number of anilines is 1. The predicted molar refractivity (Wildman–Crippen MR) is 75.6 cm³/mol. The quantitative estimate of drug-likeness (QED) is 0.855. The zero-order valence-corrected chi connectivity index (χ0v) is 11.9. The summed E-state index contributed by atoms with van der Waals surface area (Å²) in [5.74, 6) is -0.724. The predicted octanol–water partition coefficient (Wildman–Crippen LogP) is 3.38. The van der Waals surface area contributed by atoms with Crippen LogP contribution in [0.1, 0.15) is 48.2 Å². The lowest BCUT2D eigenvalue weighted by molar-refractivity contribution is -0.117. The van der Waals surface area contributed by atoms with E-state index < -0.39 is 5.97 Å². The molecule has 1 rings (SSSR count). The molecule has 1 aromatic carbocycles. The number of hydrogen-bond donors (Lipinski definition) is 2. The average molecular weight is 263 g/mol. The molecule has 1 amide bonds. The van der Waals surface area contributed by atoms with E-state index >= 15 is 0 Å². The number of benzene rings is 1.